The Labute approximate surface area is 56.7 Å². The van der Waals surface area contributed by atoms with Gasteiger partial charge in [0.25, 0.3) is 1.43 Å². The van der Waals surface area contributed by atoms with Crippen molar-refractivity contribution >= 4 is 5.97 Å². The Morgan fingerprint density at radius 1 is 1.78 bits per heavy atom. The van der Waals surface area contributed by atoms with Crippen molar-refractivity contribution in [3.8, 4) is 0 Å². The summed E-state index contributed by atoms with van der Waals surface area (Å²) in [5.41, 5.74) is 1.18. The molecule has 52 valence electrons. The van der Waals surface area contributed by atoms with E-state index in [1.807, 2.05) is 19.9 Å². The summed E-state index contributed by atoms with van der Waals surface area (Å²) >= 11 is 0. The first kappa shape index (κ1) is 6.33. The van der Waals surface area contributed by atoms with Crippen LogP contribution in [-0.4, -0.2) is 11.1 Å². The predicted molar refractivity (Wildman–Crippen MR) is 36.3 cm³/mol. The van der Waals surface area contributed by atoms with Crippen LogP contribution in [-0.2, 0) is 4.79 Å². The van der Waals surface area contributed by atoms with Crippen LogP contribution in [0.2, 0.25) is 0 Å². The molecule has 0 heterocycles. The number of carbonyl (C=O) groups is 1. The van der Waals surface area contributed by atoms with Gasteiger partial charge in [-0.05, 0) is 20.3 Å². The molecule has 0 saturated carbocycles. The summed E-state index contributed by atoms with van der Waals surface area (Å²) in [7, 11) is 0. The molecule has 0 atom stereocenters. The Bertz CT molecular complexity index is 137. The summed E-state index contributed by atoms with van der Waals surface area (Å²) < 4.78 is 6.22. The van der Waals surface area contributed by atoms with E-state index in [9.17, 15) is 4.79 Å². The summed E-state index contributed by atoms with van der Waals surface area (Å²) in [6, 6.07) is 0. The number of allylic oxidation sites excluding steroid dienone is 2. The molecule has 0 amide bonds. The molecule has 0 radical (unpaired) electrons. The quantitative estimate of drug-likeness (QED) is 0.591. The zero-order chi connectivity index (χ0) is 7.98. The van der Waals surface area contributed by atoms with E-state index in [1.165, 1.54) is 5.57 Å². The largest absolute Gasteiger partial charge is 0.481 e. The molecule has 0 aromatic heterocycles. The molecular weight excluding hydrogens is 116 g/mol. The van der Waals surface area contributed by atoms with Crippen molar-refractivity contribution in [1.29, 1.82) is 1.43 Å². The van der Waals surface area contributed by atoms with Crippen LogP contribution in [0.25, 0.3) is 1.43 Å². The zero-order valence-corrected chi connectivity index (χ0v) is 5.81. The minimum atomic E-state index is -0.475. The van der Waals surface area contributed by atoms with Crippen LogP contribution in [0.4, 0.5) is 0 Å². The topological polar surface area (TPSA) is 37.3 Å². The van der Waals surface area contributed by atoms with Crippen LogP contribution in [0, 0.1) is 0 Å². The van der Waals surface area contributed by atoms with Gasteiger partial charge in [-0.25, -0.2) is 0 Å². The number of hydrogen-bond acceptors (Lipinski definition) is 2. The minimum absolute atomic E-state index is 0.300. The van der Waals surface area contributed by atoms with Crippen LogP contribution in [0.5, 0.6) is 0 Å². The Morgan fingerprint density at radius 3 is 2.89 bits per heavy atom. The van der Waals surface area contributed by atoms with Gasteiger partial charge in [0.15, 0.2) is 0 Å². The average molecular weight is 130 g/mol. The van der Waals surface area contributed by atoms with Gasteiger partial charge in [0.2, 0.25) is 0 Å². The fourth-order valence-electron chi connectivity index (χ4n) is 0.479. The molecule has 0 aliphatic rings. The number of rotatable bonds is 3. The third-order valence-corrected chi connectivity index (χ3v) is 0.901. The minimum Gasteiger partial charge on any atom is -0.481 e. The molecule has 0 aliphatic carbocycles. The summed E-state index contributed by atoms with van der Waals surface area (Å²) in [6.07, 6.45) is 2.91. The molecule has 0 saturated heterocycles. The van der Waals surface area contributed by atoms with Crippen molar-refractivity contribution in [2.75, 3.05) is 0 Å². The molecule has 0 aromatic rings. The molecule has 2 heteroatoms. The van der Waals surface area contributed by atoms with Crippen LogP contribution in [0.3, 0.4) is 0 Å². The van der Waals surface area contributed by atoms with Gasteiger partial charge >= 0.3 is 5.97 Å². The Hall–Kier alpha value is -0.790. The maximum Gasteiger partial charge on any atom is 0.303 e. The number of aliphatic carboxylic acids is 1. The third-order valence-electron chi connectivity index (χ3n) is 0.901. The van der Waals surface area contributed by atoms with Gasteiger partial charge in [-0.3, -0.25) is 4.79 Å². The van der Waals surface area contributed by atoms with Crippen molar-refractivity contribution in [2.24, 2.45) is 0 Å². The predicted octanol–water partition coefficient (Wildman–Crippen LogP) is 1.82. The van der Waals surface area contributed by atoms with E-state index >= 15 is 0 Å². The number of carboxylic acid groups (broad SMARTS) is 1. The van der Waals surface area contributed by atoms with Crippen molar-refractivity contribution in [2.45, 2.75) is 26.7 Å². The zero-order valence-electron chi connectivity index (χ0n) is 6.81. The summed E-state index contributed by atoms with van der Waals surface area (Å²) in [5.74, 6) is -0.475. The van der Waals surface area contributed by atoms with Crippen LogP contribution >= 0.6 is 0 Å². The molecule has 0 aliphatic heterocycles. The lowest BCUT2D eigenvalue weighted by Crippen LogP contribution is -1.91. The SMILES string of the molecule is [3H]OC(=O)CCC=C(C)C. The van der Waals surface area contributed by atoms with Crippen molar-refractivity contribution in [3.63, 3.8) is 0 Å². The highest BCUT2D eigenvalue weighted by atomic mass is 16.4. The molecule has 0 aromatic carbocycles. The lowest BCUT2D eigenvalue weighted by molar-refractivity contribution is -0.136. The van der Waals surface area contributed by atoms with Gasteiger partial charge in [0.05, 0.1) is 0 Å². The molecule has 0 fully saturated rings. The number of hydrogen-bond donors (Lipinski definition) is 1. The fraction of sp³-hybridized carbons (Fsp3) is 0.571. The van der Waals surface area contributed by atoms with Crippen molar-refractivity contribution in [1.82, 2.24) is 0 Å². The standard InChI is InChI=1S/C7H12O2/c1-6(2)4-3-5-7(8)9/h4H,3,5H2,1-2H3,(H,8,9)/i/hT. The van der Waals surface area contributed by atoms with E-state index in [0.29, 0.717) is 12.8 Å². The van der Waals surface area contributed by atoms with Gasteiger partial charge in [-0.1, -0.05) is 11.6 Å². The summed E-state index contributed by atoms with van der Waals surface area (Å²) in [5, 5.41) is 3.71. The second kappa shape index (κ2) is 4.13. The van der Waals surface area contributed by atoms with E-state index in [4.69, 9.17) is 1.43 Å². The van der Waals surface area contributed by atoms with E-state index in [2.05, 4.69) is 5.11 Å². The highest BCUT2D eigenvalue weighted by molar-refractivity contribution is 5.66. The molecular formula is C7H12O2. The maximum absolute atomic E-state index is 10.4. The second-order valence-corrected chi connectivity index (χ2v) is 2.19. The van der Waals surface area contributed by atoms with Gasteiger partial charge in [0, 0.05) is 6.42 Å². The Kier molecular flexibility index (Phi) is 2.90. The van der Waals surface area contributed by atoms with Crippen LogP contribution in [0.1, 0.15) is 26.7 Å². The van der Waals surface area contributed by atoms with Crippen LogP contribution < -0.4 is 0 Å². The van der Waals surface area contributed by atoms with E-state index in [1.54, 1.807) is 0 Å². The number of carboxylic acids is 1. The molecule has 0 rings (SSSR count). The molecule has 1 N–H and O–H groups in total. The Balaban J connectivity index is 3.37. The third kappa shape index (κ3) is 7.21. The first-order chi connectivity index (χ1) is 4.66. The van der Waals surface area contributed by atoms with Gasteiger partial charge < -0.3 is 5.11 Å². The second-order valence-electron chi connectivity index (χ2n) is 2.19. The molecule has 0 spiro atoms. The van der Waals surface area contributed by atoms with Crippen LogP contribution in [0.15, 0.2) is 11.6 Å². The maximum atomic E-state index is 10.4. The van der Waals surface area contributed by atoms with E-state index < -0.39 is 5.97 Å². The van der Waals surface area contributed by atoms with Crippen molar-refractivity contribution < 1.29 is 9.90 Å². The lowest BCUT2D eigenvalue weighted by Gasteiger charge is -1.88. The van der Waals surface area contributed by atoms with E-state index in [0.717, 1.165) is 0 Å². The molecule has 9 heavy (non-hydrogen) atoms. The molecule has 0 bridgehead atoms. The average Bonchev–Trinajstić information content (AvgIpc) is 1.87. The molecule has 0 unspecified atom stereocenters. The molecule has 2 nitrogen and oxygen atoms in total. The van der Waals surface area contributed by atoms with Gasteiger partial charge in [-0.2, -0.15) is 0 Å². The van der Waals surface area contributed by atoms with Gasteiger partial charge in [-0.15, -0.1) is 0 Å². The van der Waals surface area contributed by atoms with Crippen molar-refractivity contribution in [3.05, 3.63) is 11.6 Å². The smallest absolute Gasteiger partial charge is 0.303 e. The lowest BCUT2D eigenvalue weighted by atomic mass is 10.2. The fourth-order valence-corrected chi connectivity index (χ4v) is 0.479. The Morgan fingerprint density at radius 2 is 2.44 bits per heavy atom. The van der Waals surface area contributed by atoms with Gasteiger partial charge in [0.1, 0.15) is 0 Å². The van der Waals surface area contributed by atoms with E-state index in [-0.39, 0.29) is 0 Å². The monoisotopic (exact) mass is 130 g/mol. The highest BCUT2D eigenvalue weighted by Gasteiger charge is 1.91. The first-order valence-electron chi connectivity index (χ1n) is 3.37. The highest BCUT2D eigenvalue weighted by Crippen LogP contribution is 1.95. The summed E-state index contributed by atoms with van der Waals surface area (Å²) in [6.45, 7) is 3.93. The summed E-state index contributed by atoms with van der Waals surface area (Å²) in [4.78, 5) is 10.4. The first-order valence-corrected chi connectivity index (χ1v) is 2.96. The normalized spacial score (nSPS) is 9.78.